The number of ether oxygens (including phenoxy) is 1. The summed E-state index contributed by atoms with van der Waals surface area (Å²) in [5, 5.41) is 2.87. The number of nitrogens with one attached hydrogen (secondary N) is 1. The molecule has 0 radical (unpaired) electrons. The molecule has 3 aliphatic carbocycles. The number of nitrogens with two attached hydrogens (primary N) is 1. The van der Waals surface area contributed by atoms with Gasteiger partial charge in [0.05, 0.1) is 6.54 Å². The van der Waals surface area contributed by atoms with Crippen molar-refractivity contribution in [3.63, 3.8) is 0 Å². The number of piperidine rings is 1. The first-order chi connectivity index (χ1) is 18.3. The zero-order valence-corrected chi connectivity index (χ0v) is 24.1. The lowest BCUT2D eigenvalue weighted by molar-refractivity contribution is -0.149. The van der Waals surface area contributed by atoms with Gasteiger partial charge >= 0.3 is 6.09 Å². The van der Waals surface area contributed by atoms with E-state index in [1.807, 2.05) is 0 Å². The molecule has 0 bridgehead atoms. The molecule has 4 amide bonds. The fraction of sp³-hybridized carbons (Fsp3) is 0.828. The lowest BCUT2D eigenvalue weighted by Gasteiger charge is -2.41. The summed E-state index contributed by atoms with van der Waals surface area (Å²) in [6.07, 6.45) is 6.24. The Morgan fingerprint density at radius 1 is 1.10 bits per heavy atom. The van der Waals surface area contributed by atoms with E-state index >= 15 is 0 Å². The predicted octanol–water partition coefficient (Wildman–Crippen LogP) is 2.48. The molecule has 4 fully saturated rings. The highest BCUT2D eigenvalue weighted by Gasteiger charge is 2.70. The van der Waals surface area contributed by atoms with Crippen molar-refractivity contribution in [3.8, 4) is 0 Å². The summed E-state index contributed by atoms with van der Waals surface area (Å²) in [5.74, 6) is -1.15. The van der Waals surface area contributed by atoms with E-state index in [-0.39, 0.29) is 65.8 Å². The lowest BCUT2D eigenvalue weighted by Crippen LogP contribution is -2.59. The number of amides is 4. The minimum absolute atomic E-state index is 0.0232. The second-order valence-corrected chi connectivity index (χ2v) is 13.7. The molecule has 3 N–H and O–H groups in total. The first-order valence-corrected chi connectivity index (χ1v) is 14.6. The standard InChI is InChI=1S/C29H46N4O6/c1-28(2,3)39-27(38)31-22(17-9-7-6-8-10-17)25(36)33-16-20-21(29(20,4)5)23(33)26(37)32(13-14-34)15-18-11-12-19(18)24(30)35/h14,17-23H,6-13,15-16H2,1-5H3,(H2,30,35)(H,31,38)/t18?,19-,20-,21-,22?,23-/m0/s1. The van der Waals surface area contributed by atoms with E-state index < -0.39 is 23.8 Å². The van der Waals surface area contributed by atoms with Gasteiger partial charge in [-0.3, -0.25) is 14.4 Å². The predicted molar refractivity (Wildman–Crippen MR) is 144 cm³/mol. The van der Waals surface area contributed by atoms with Crippen LogP contribution in [0.25, 0.3) is 0 Å². The molecule has 4 rings (SSSR count). The molecule has 1 saturated heterocycles. The van der Waals surface area contributed by atoms with Crippen molar-refractivity contribution < 1.29 is 28.7 Å². The van der Waals surface area contributed by atoms with Crippen LogP contribution in [0.1, 0.15) is 79.6 Å². The van der Waals surface area contributed by atoms with E-state index in [4.69, 9.17) is 10.5 Å². The number of primary amides is 1. The van der Waals surface area contributed by atoms with Crippen LogP contribution in [0.4, 0.5) is 4.79 Å². The number of alkyl carbamates (subject to hydrolysis) is 1. The highest BCUT2D eigenvalue weighted by atomic mass is 16.6. The molecule has 0 aromatic rings. The number of hydrogen-bond donors (Lipinski definition) is 2. The third kappa shape index (κ3) is 6.09. The number of nitrogens with zero attached hydrogens (tertiary/aromatic N) is 2. The van der Waals surface area contributed by atoms with Crippen LogP contribution >= 0.6 is 0 Å². The van der Waals surface area contributed by atoms with Crippen molar-refractivity contribution >= 4 is 30.1 Å². The van der Waals surface area contributed by atoms with Crippen LogP contribution in [0.5, 0.6) is 0 Å². The van der Waals surface area contributed by atoms with Gasteiger partial charge in [-0.05, 0) is 75.5 Å². The Hall–Kier alpha value is -2.65. The van der Waals surface area contributed by atoms with Gasteiger partial charge in [-0.15, -0.1) is 0 Å². The average molecular weight is 547 g/mol. The molecule has 0 spiro atoms. The molecular weight excluding hydrogens is 500 g/mol. The Morgan fingerprint density at radius 2 is 1.77 bits per heavy atom. The normalized spacial score (nSPS) is 30.4. The fourth-order valence-corrected chi connectivity index (χ4v) is 7.23. The Bertz CT molecular complexity index is 985. The molecule has 39 heavy (non-hydrogen) atoms. The van der Waals surface area contributed by atoms with Crippen LogP contribution in [-0.4, -0.2) is 77.2 Å². The molecule has 0 aromatic carbocycles. The maximum absolute atomic E-state index is 14.2. The van der Waals surface area contributed by atoms with E-state index in [1.54, 1.807) is 25.7 Å². The molecule has 4 aliphatic rings. The third-order valence-corrected chi connectivity index (χ3v) is 9.65. The van der Waals surface area contributed by atoms with E-state index in [1.165, 1.54) is 4.90 Å². The minimum atomic E-state index is -0.776. The summed E-state index contributed by atoms with van der Waals surface area (Å²) in [4.78, 5) is 67.6. The van der Waals surface area contributed by atoms with Crippen molar-refractivity contribution in [1.29, 1.82) is 0 Å². The maximum Gasteiger partial charge on any atom is 0.408 e. The van der Waals surface area contributed by atoms with Crippen molar-refractivity contribution in [1.82, 2.24) is 15.1 Å². The van der Waals surface area contributed by atoms with Gasteiger partial charge in [0.1, 0.15) is 24.0 Å². The second-order valence-electron chi connectivity index (χ2n) is 13.7. The topological polar surface area (TPSA) is 139 Å². The smallest absolute Gasteiger partial charge is 0.408 e. The van der Waals surface area contributed by atoms with Crippen molar-refractivity contribution in [2.24, 2.45) is 40.7 Å². The van der Waals surface area contributed by atoms with Gasteiger partial charge in [0.15, 0.2) is 0 Å². The molecule has 10 nitrogen and oxygen atoms in total. The van der Waals surface area contributed by atoms with E-state index in [9.17, 15) is 24.0 Å². The van der Waals surface area contributed by atoms with Gasteiger partial charge in [-0.1, -0.05) is 33.1 Å². The van der Waals surface area contributed by atoms with Crippen LogP contribution in [0.2, 0.25) is 0 Å². The lowest BCUT2D eigenvalue weighted by atomic mass is 9.73. The van der Waals surface area contributed by atoms with Gasteiger partial charge < -0.3 is 30.4 Å². The van der Waals surface area contributed by atoms with Gasteiger partial charge in [0, 0.05) is 19.0 Å². The van der Waals surface area contributed by atoms with Crippen LogP contribution in [0, 0.1) is 35.0 Å². The van der Waals surface area contributed by atoms with Crippen molar-refractivity contribution in [2.75, 3.05) is 19.6 Å². The molecule has 3 saturated carbocycles. The molecular formula is C29H46N4O6. The monoisotopic (exact) mass is 546 g/mol. The molecule has 1 heterocycles. The molecule has 218 valence electrons. The average Bonchev–Trinajstić information content (AvgIpc) is 3.15. The molecule has 0 aromatic heterocycles. The van der Waals surface area contributed by atoms with Crippen LogP contribution in [0.15, 0.2) is 0 Å². The van der Waals surface area contributed by atoms with Gasteiger partial charge in [-0.25, -0.2) is 4.79 Å². The fourth-order valence-electron chi connectivity index (χ4n) is 7.23. The molecule has 10 heteroatoms. The Kier molecular flexibility index (Phi) is 8.34. The molecule has 1 aliphatic heterocycles. The summed E-state index contributed by atoms with van der Waals surface area (Å²) in [5.41, 5.74) is 4.73. The number of hydrogen-bond acceptors (Lipinski definition) is 6. The Labute approximate surface area is 231 Å². The van der Waals surface area contributed by atoms with Gasteiger partial charge in [-0.2, -0.15) is 0 Å². The van der Waals surface area contributed by atoms with E-state index in [2.05, 4.69) is 19.2 Å². The SMILES string of the molecule is CC(C)(C)OC(=O)NC(C(=O)N1C[C@H]2[C@@H]([C@H]1C(=O)N(CC=O)CC1CC[C@@H]1C(N)=O)C2(C)C)C1CCCCC1. The van der Waals surface area contributed by atoms with Gasteiger partial charge in [0.2, 0.25) is 17.7 Å². The van der Waals surface area contributed by atoms with Gasteiger partial charge in [0.25, 0.3) is 0 Å². The largest absolute Gasteiger partial charge is 0.444 e. The minimum Gasteiger partial charge on any atom is -0.444 e. The van der Waals surface area contributed by atoms with Crippen LogP contribution in [-0.2, 0) is 23.9 Å². The summed E-state index contributed by atoms with van der Waals surface area (Å²) < 4.78 is 5.50. The Morgan fingerprint density at radius 3 is 2.31 bits per heavy atom. The first-order valence-electron chi connectivity index (χ1n) is 14.6. The highest BCUT2D eigenvalue weighted by Crippen LogP contribution is 2.65. The van der Waals surface area contributed by atoms with Crippen molar-refractivity contribution in [3.05, 3.63) is 0 Å². The number of carbonyl (C=O) groups excluding carboxylic acids is 5. The summed E-state index contributed by atoms with van der Waals surface area (Å²) in [7, 11) is 0. The Balaban J connectivity index is 1.57. The van der Waals surface area contributed by atoms with Crippen molar-refractivity contribution in [2.45, 2.75) is 97.2 Å². The highest BCUT2D eigenvalue weighted by molar-refractivity contribution is 5.93. The molecule has 6 atom stereocenters. The third-order valence-electron chi connectivity index (χ3n) is 9.65. The number of likely N-dealkylation sites (tertiary alicyclic amines) is 1. The zero-order chi connectivity index (χ0) is 28.7. The number of aldehydes is 1. The molecule has 2 unspecified atom stereocenters. The van der Waals surface area contributed by atoms with E-state index in [0.717, 1.165) is 38.5 Å². The zero-order valence-electron chi connectivity index (χ0n) is 24.1. The van der Waals surface area contributed by atoms with Crippen LogP contribution in [0.3, 0.4) is 0 Å². The number of carbonyl (C=O) groups is 5. The summed E-state index contributed by atoms with van der Waals surface area (Å²) in [6.45, 7) is 10.2. The van der Waals surface area contributed by atoms with Crippen LogP contribution < -0.4 is 11.1 Å². The maximum atomic E-state index is 14.2. The van der Waals surface area contributed by atoms with E-state index in [0.29, 0.717) is 19.3 Å². The first kappa shape index (κ1) is 29.3. The second kappa shape index (κ2) is 11.1. The number of rotatable bonds is 9. The summed E-state index contributed by atoms with van der Waals surface area (Å²) >= 11 is 0. The summed E-state index contributed by atoms with van der Waals surface area (Å²) in [6, 6.07) is -1.49. The number of fused-ring (bicyclic) bond motifs is 1. The quantitative estimate of drug-likeness (QED) is 0.426.